The Morgan fingerprint density at radius 2 is 2.24 bits per heavy atom. The van der Waals surface area contributed by atoms with E-state index in [1.807, 2.05) is 12.3 Å². The summed E-state index contributed by atoms with van der Waals surface area (Å²) in [5, 5.41) is 1.06. The lowest BCUT2D eigenvalue weighted by atomic mass is 9.81. The number of ether oxygens (including phenoxy) is 1. The van der Waals surface area contributed by atoms with Crippen molar-refractivity contribution >= 4 is 28.2 Å². The van der Waals surface area contributed by atoms with Crippen LogP contribution in [0.3, 0.4) is 0 Å². The predicted octanol–water partition coefficient (Wildman–Crippen LogP) is 1.31. The van der Waals surface area contributed by atoms with Gasteiger partial charge >= 0.3 is 0 Å². The molecule has 0 amide bonds. The smallest absolute Gasteiger partial charge is 0.142 e. The SMILES string of the molecule is CN(c1ncnc2[nH]ccc12)[C@H]1C[C@@H](C[S+]([O-])N2CC3(CCO3)C2)C1. The average Bonchev–Trinajstić information content (AvgIpc) is 2.95. The first-order chi connectivity index (χ1) is 12.1. The highest BCUT2D eigenvalue weighted by molar-refractivity contribution is 7.89. The third kappa shape index (κ3) is 2.63. The molecule has 1 saturated carbocycles. The normalized spacial score (nSPS) is 29.0. The van der Waals surface area contributed by atoms with Gasteiger partial charge in [0.15, 0.2) is 0 Å². The van der Waals surface area contributed by atoms with Crippen molar-refractivity contribution < 1.29 is 9.29 Å². The number of aromatic amines is 1. The number of fused-ring (bicyclic) bond motifs is 1. The number of anilines is 1. The minimum Gasteiger partial charge on any atom is -0.598 e. The Labute approximate surface area is 150 Å². The number of nitrogens with one attached hydrogen (secondary N) is 1. The highest BCUT2D eigenvalue weighted by Gasteiger charge is 2.54. The molecule has 0 aromatic carbocycles. The van der Waals surface area contributed by atoms with Crippen molar-refractivity contribution in [3.63, 3.8) is 0 Å². The molecule has 0 radical (unpaired) electrons. The van der Waals surface area contributed by atoms with E-state index in [-0.39, 0.29) is 5.60 Å². The summed E-state index contributed by atoms with van der Waals surface area (Å²) in [6, 6.07) is 2.49. The lowest BCUT2D eigenvalue weighted by molar-refractivity contribution is -0.200. The Balaban J connectivity index is 1.14. The molecular formula is C17H23N5O2S. The van der Waals surface area contributed by atoms with Gasteiger partial charge in [0.05, 0.1) is 25.1 Å². The standard InChI is InChI=1S/C17H23N5O2S/c1-21(16-14-2-4-18-15(14)19-11-20-16)13-6-12(7-13)8-25(23)22-9-17(10-22)3-5-24-17/h2,4,11-13H,3,5-10H2,1H3,(H,18,19,20)/t12-,13+,25?. The molecule has 2 aliphatic heterocycles. The van der Waals surface area contributed by atoms with Crippen molar-refractivity contribution in [2.24, 2.45) is 5.92 Å². The van der Waals surface area contributed by atoms with Crippen molar-refractivity contribution in [3.8, 4) is 0 Å². The molecular weight excluding hydrogens is 338 g/mol. The summed E-state index contributed by atoms with van der Waals surface area (Å²) < 4.78 is 20.2. The maximum absolute atomic E-state index is 12.5. The Bertz CT molecular complexity index is 765. The van der Waals surface area contributed by atoms with Gasteiger partial charge in [-0.3, -0.25) is 0 Å². The topological polar surface area (TPSA) is 80.3 Å². The molecule has 1 unspecified atom stereocenters. The summed E-state index contributed by atoms with van der Waals surface area (Å²) in [5.41, 5.74) is 0.936. The molecule has 1 aliphatic carbocycles. The number of rotatable bonds is 5. The van der Waals surface area contributed by atoms with Crippen molar-refractivity contribution in [3.05, 3.63) is 18.6 Å². The van der Waals surface area contributed by atoms with Crippen LogP contribution in [0.1, 0.15) is 19.3 Å². The van der Waals surface area contributed by atoms with Gasteiger partial charge in [-0.25, -0.2) is 9.97 Å². The second kappa shape index (κ2) is 5.84. The number of hydrogen-bond donors (Lipinski definition) is 1. The molecule has 8 heteroatoms. The quantitative estimate of drug-likeness (QED) is 0.809. The van der Waals surface area contributed by atoms with Gasteiger partial charge in [-0.1, -0.05) is 0 Å². The molecule has 1 spiro atoms. The van der Waals surface area contributed by atoms with Gasteiger partial charge in [-0.2, -0.15) is 0 Å². The molecule has 0 bridgehead atoms. The Kier molecular flexibility index (Phi) is 3.70. The molecule has 7 nitrogen and oxygen atoms in total. The van der Waals surface area contributed by atoms with E-state index < -0.39 is 11.4 Å². The summed E-state index contributed by atoms with van der Waals surface area (Å²) in [7, 11) is 2.10. The van der Waals surface area contributed by atoms with Gasteiger partial charge in [0, 0.05) is 43.0 Å². The van der Waals surface area contributed by atoms with Crippen molar-refractivity contribution in [2.75, 3.05) is 37.4 Å². The Morgan fingerprint density at radius 3 is 2.96 bits per heavy atom. The molecule has 25 heavy (non-hydrogen) atoms. The van der Waals surface area contributed by atoms with Crippen LogP contribution >= 0.6 is 0 Å². The molecule has 2 saturated heterocycles. The zero-order valence-corrected chi connectivity index (χ0v) is 15.2. The van der Waals surface area contributed by atoms with Gasteiger partial charge in [-0.05, 0) is 18.9 Å². The van der Waals surface area contributed by atoms with Gasteiger partial charge in [0.25, 0.3) is 0 Å². The van der Waals surface area contributed by atoms with E-state index in [9.17, 15) is 4.55 Å². The van der Waals surface area contributed by atoms with Crippen LogP contribution in [-0.4, -0.2) is 67.9 Å². The lowest BCUT2D eigenvalue weighted by Crippen LogP contribution is -2.69. The minimum atomic E-state index is -0.855. The van der Waals surface area contributed by atoms with E-state index in [1.54, 1.807) is 6.33 Å². The third-order valence-corrected chi connectivity index (χ3v) is 7.58. The lowest BCUT2D eigenvalue weighted by Gasteiger charge is -2.54. The van der Waals surface area contributed by atoms with E-state index >= 15 is 0 Å². The van der Waals surface area contributed by atoms with Crippen LogP contribution in [-0.2, 0) is 16.1 Å². The van der Waals surface area contributed by atoms with Crippen molar-refractivity contribution in [1.82, 2.24) is 19.3 Å². The van der Waals surface area contributed by atoms with Crippen LogP contribution in [0.2, 0.25) is 0 Å². The molecule has 1 atom stereocenters. The summed E-state index contributed by atoms with van der Waals surface area (Å²) >= 11 is -0.855. The van der Waals surface area contributed by atoms with Gasteiger partial charge in [-0.15, -0.1) is 4.31 Å². The highest BCUT2D eigenvalue weighted by Crippen LogP contribution is 2.40. The highest BCUT2D eigenvalue weighted by atomic mass is 32.2. The molecule has 1 N–H and O–H groups in total. The van der Waals surface area contributed by atoms with E-state index in [4.69, 9.17) is 4.74 Å². The Hall–Kier alpha value is -1.35. The zero-order valence-electron chi connectivity index (χ0n) is 14.4. The second-order valence-electron chi connectivity index (χ2n) is 7.61. The van der Waals surface area contributed by atoms with Crippen molar-refractivity contribution in [1.29, 1.82) is 0 Å². The van der Waals surface area contributed by atoms with E-state index in [2.05, 4.69) is 31.2 Å². The summed E-state index contributed by atoms with van der Waals surface area (Å²) in [6.45, 7) is 2.57. The fraction of sp³-hybridized carbons (Fsp3) is 0.647. The van der Waals surface area contributed by atoms with Crippen molar-refractivity contribution in [2.45, 2.75) is 30.9 Å². The summed E-state index contributed by atoms with van der Waals surface area (Å²) in [6.07, 6.45) is 6.79. The van der Waals surface area contributed by atoms with Crippen LogP contribution in [0, 0.1) is 5.92 Å². The van der Waals surface area contributed by atoms with Crippen LogP contribution < -0.4 is 4.90 Å². The third-order valence-electron chi connectivity index (χ3n) is 5.99. The van der Waals surface area contributed by atoms with E-state index in [1.165, 1.54) is 0 Å². The summed E-state index contributed by atoms with van der Waals surface area (Å²) in [5.74, 6) is 2.29. The summed E-state index contributed by atoms with van der Waals surface area (Å²) in [4.78, 5) is 14.1. The van der Waals surface area contributed by atoms with Crippen LogP contribution in [0.15, 0.2) is 18.6 Å². The maximum atomic E-state index is 12.5. The fourth-order valence-corrected chi connectivity index (χ4v) is 5.80. The minimum absolute atomic E-state index is 0.0625. The number of H-pyrrole nitrogens is 1. The van der Waals surface area contributed by atoms with Gasteiger partial charge < -0.3 is 19.2 Å². The zero-order chi connectivity index (χ0) is 17.0. The van der Waals surface area contributed by atoms with Gasteiger partial charge in [0.2, 0.25) is 0 Å². The largest absolute Gasteiger partial charge is 0.598 e. The van der Waals surface area contributed by atoms with Crippen LogP contribution in [0.25, 0.3) is 11.0 Å². The molecule has 2 aromatic rings. The predicted molar refractivity (Wildman–Crippen MR) is 96.7 cm³/mol. The molecule has 5 rings (SSSR count). The molecule has 3 fully saturated rings. The maximum Gasteiger partial charge on any atom is 0.142 e. The monoisotopic (exact) mass is 361 g/mol. The van der Waals surface area contributed by atoms with Gasteiger partial charge in [0.1, 0.15) is 29.1 Å². The first-order valence-electron chi connectivity index (χ1n) is 8.92. The number of aromatic nitrogens is 3. The Morgan fingerprint density at radius 1 is 1.44 bits per heavy atom. The van der Waals surface area contributed by atoms with Crippen LogP contribution in [0.4, 0.5) is 5.82 Å². The molecule has 134 valence electrons. The molecule has 2 aromatic heterocycles. The first-order valence-corrected chi connectivity index (χ1v) is 10.2. The number of hydrogen-bond acceptors (Lipinski definition) is 6. The molecule has 4 heterocycles. The first kappa shape index (κ1) is 15.9. The molecule has 3 aliphatic rings. The fourth-order valence-electron chi connectivity index (χ4n) is 4.15. The van der Waals surface area contributed by atoms with Crippen LogP contribution in [0.5, 0.6) is 0 Å². The average molecular weight is 361 g/mol. The van der Waals surface area contributed by atoms with E-state index in [0.29, 0.717) is 12.0 Å². The number of nitrogens with zero attached hydrogens (tertiary/aromatic N) is 4. The van der Waals surface area contributed by atoms with E-state index in [0.717, 1.165) is 61.6 Å². The second-order valence-corrected chi connectivity index (χ2v) is 9.10.